The summed E-state index contributed by atoms with van der Waals surface area (Å²) in [7, 11) is 0. The molecule has 0 atom stereocenters. The summed E-state index contributed by atoms with van der Waals surface area (Å²) < 4.78 is 2.49. The zero-order valence-corrected chi connectivity index (χ0v) is 37.7. The van der Waals surface area contributed by atoms with Crippen molar-refractivity contribution in [3.8, 4) is 78.7 Å². The van der Waals surface area contributed by atoms with Gasteiger partial charge in [-0.1, -0.05) is 231 Å². The first-order valence-electron chi connectivity index (χ1n) is 23.1. The van der Waals surface area contributed by atoms with E-state index in [1.54, 1.807) is 0 Å². The topological polar surface area (TPSA) is 38.7 Å². The normalized spacial score (nSPS) is 12.5. The van der Waals surface area contributed by atoms with Crippen LogP contribution in [-0.2, 0) is 5.41 Å². The van der Waals surface area contributed by atoms with Crippen LogP contribution < -0.4 is 0 Å². The largest absolute Gasteiger partial charge is 0.208 e. The second kappa shape index (κ2) is 16.4. The lowest BCUT2D eigenvalue weighted by molar-refractivity contribution is 0.770. The van der Waals surface area contributed by atoms with Crippen molar-refractivity contribution in [1.82, 2.24) is 15.0 Å². The van der Waals surface area contributed by atoms with E-state index in [0.29, 0.717) is 17.5 Å². The van der Waals surface area contributed by atoms with E-state index in [1.165, 1.54) is 59.1 Å². The van der Waals surface area contributed by atoms with Gasteiger partial charge in [-0.15, -0.1) is 11.3 Å². The fraction of sp³-hybridized carbons (Fsp3) is 0.0156. The highest BCUT2D eigenvalue weighted by Gasteiger charge is 2.46. The minimum atomic E-state index is -0.467. The molecule has 2 aromatic heterocycles. The molecule has 12 aromatic rings. The van der Waals surface area contributed by atoms with Gasteiger partial charge in [0.2, 0.25) is 0 Å². The molecule has 0 spiro atoms. The van der Waals surface area contributed by atoms with Gasteiger partial charge in [0.1, 0.15) is 0 Å². The summed E-state index contributed by atoms with van der Waals surface area (Å²) in [5.74, 6) is 1.87. The highest BCUT2D eigenvalue weighted by molar-refractivity contribution is 7.26. The average Bonchev–Trinajstić information content (AvgIpc) is 3.95. The van der Waals surface area contributed by atoms with Crippen LogP contribution in [-0.4, -0.2) is 15.0 Å². The molecule has 0 saturated heterocycles. The lowest BCUT2D eigenvalue weighted by Crippen LogP contribution is -2.28. The van der Waals surface area contributed by atoms with Gasteiger partial charge >= 0.3 is 0 Å². The molecule has 68 heavy (non-hydrogen) atoms. The molecule has 318 valence electrons. The fourth-order valence-corrected chi connectivity index (χ4v) is 11.7. The van der Waals surface area contributed by atoms with E-state index in [0.717, 1.165) is 44.5 Å². The molecule has 2 heterocycles. The molecule has 0 saturated carbocycles. The fourth-order valence-electron chi connectivity index (χ4n) is 10.6. The summed E-state index contributed by atoms with van der Waals surface area (Å²) in [4.78, 5) is 15.8. The van der Waals surface area contributed by atoms with Gasteiger partial charge in [-0.25, -0.2) is 15.0 Å². The number of hydrogen-bond donors (Lipinski definition) is 0. The number of aromatic nitrogens is 3. The zero-order chi connectivity index (χ0) is 45.0. The van der Waals surface area contributed by atoms with Gasteiger partial charge in [0, 0.05) is 36.9 Å². The maximum absolute atomic E-state index is 5.32. The Morgan fingerprint density at radius 2 is 0.765 bits per heavy atom. The first-order chi connectivity index (χ1) is 33.7. The number of rotatable bonds is 8. The molecule has 0 amide bonds. The lowest BCUT2D eigenvalue weighted by Gasteiger charge is -2.33. The number of thiophene rings is 1. The van der Waals surface area contributed by atoms with Gasteiger partial charge in [-0.05, 0) is 85.0 Å². The van der Waals surface area contributed by atoms with Crippen LogP contribution in [0.1, 0.15) is 22.3 Å². The van der Waals surface area contributed by atoms with Crippen molar-refractivity contribution in [3.05, 3.63) is 271 Å². The minimum absolute atomic E-state index is 0.467. The monoisotopic (exact) mass is 883 g/mol. The van der Waals surface area contributed by atoms with E-state index in [9.17, 15) is 0 Å². The van der Waals surface area contributed by atoms with Crippen molar-refractivity contribution in [2.24, 2.45) is 0 Å². The van der Waals surface area contributed by atoms with Gasteiger partial charge in [-0.3, -0.25) is 0 Å². The Morgan fingerprint density at radius 3 is 1.46 bits per heavy atom. The highest BCUT2D eigenvalue weighted by Crippen LogP contribution is 2.57. The Kier molecular flexibility index (Phi) is 9.59. The van der Waals surface area contributed by atoms with Crippen molar-refractivity contribution in [2.75, 3.05) is 0 Å². The van der Waals surface area contributed by atoms with Crippen molar-refractivity contribution in [3.63, 3.8) is 0 Å². The molecular weight excluding hydrogens is 843 g/mol. The molecule has 0 radical (unpaired) electrons. The maximum atomic E-state index is 5.32. The molecule has 0 unspecified atom stereocenters. The molecule has 0 fully saturated rings. The van der Waals surface area contributed by atoms with E-state index >= 15 is 0 Å². The van der Waals surface area contributed by atoms with Crippen LogP contribution in [0.5, 0.6) is 0 Å². The quantitative estimate of drug-likeness (QED) is 0.153. The molecular formula is C64H41N3S. The van der Waals surface area contributed by atoms with Crippen LogP contribution in [0.25, 0.3) is 98.8 Å². The van der Waals surface area contributed by atoms with Crippen molar-refractivity contribution in [1.29, 1.82) is 0 Å². The van der Waals surface area contributed by atoms with Crippen molar-refractivity contribution < 1.29 is 0 Å². The third-order valence-corrected chi connectivity index (χ3v) is 14.8. The summed E-state index contributed by atoms with van der Waals surface area (Å²) in [5, 5.41) is 2.46. The molecule has 13 rings (SSSR count). The SMILES string of the molecule is c1ccc(-c2ccc(-c3nc(-c4cccc(-c5ccccc5)c4)nc(-c4ccccc4-c4cccc5sc6cc(C7(c8ccccc8)c8ccccc8-c8ccccc87)ccc6c45)n3)cc2)cc1. The lowest BCUT2D eigenvalue weighted by atomic mass is 9.67. The zero-order valence-electron chi connectivity index (χ0n) is 36.9. The Balaban J connectivity index is 0.977. The van der Waals surface area contributed by atoms with Crippen LogP contribution in [0.3, 0.4) is 0 Å². The molecule has 1 aliphatic rings. The first-order valence-corrected chi connectivity index (χ1v) is 23.9. The van der Waals surface area contributed by atoms with E-state index < -0.39 is 5.41 Å². The van der Waals surface area contributed by atoms with Crippen molar-refractivity contribution >= 4 is 31.5 Å². The Bertz CT molecular complexity index is 3800. The van der Waals surface area contributed by atoms with Gasteiger partial charge in [0.05, 0.1) is 5.41 Å². The highest BCUT2D eigenvalue weighted by atomic mass is 32.1. The average molecular weight is 884 g/mol. The van der Waals surface area contributed by atoms with Gasteiger partial charge in [0.15, 0.2) is 17.5 Å². The molecule has 3 nitrogen and oxygen atoms in total. The molecule has 0 N–H and O–H groups in total. The molecule has 1 aliphatic carbocycles. The van der Waals surface area contributed by atoms with Crippen LogP contribution in [0.2, 0.25) is 0 Å². The summed E-state index contributed by atoms with van der Waals surface area (Å²) in [6.07, 6.45) is 0. The molecule has 10 aromatic carbocycles. The third kappa shape index (κ3) is 6.52. The van der Waals surface area contributed by atoms with Gasteiger partial charge in [-0.2, -0.15) is 0 Å². The summed E-state index contributed by atoms with van der Waals surface area (Å²) in [5.41, 5.74) is 16.9. The maximum Gasteiger partial charge on any atom is 0.164 e. The van der Waals surface area contributed by atoms with E-state index in [2.05, 4.69) is 237 Å². The number of nitrogens with zero attached hydrogens (tertiary/aromatic N) is 3. The van der Waals surface area contributed by atoms with E-state index in [-0.39, 0.29) is 0 Å². The summed E-state index contributed by atoms with van der Waals surface area (Å²) in [6, 6.07) is 89.4. The van der Waals surface area contributed by atoms with Crippen LogP contribution >= 0.6 is 11.3 Å². The summed E-state index contributed by atoms with van der Waals surface area (Å²) in [6.45, 7) is 0. The Hall–Kier alpha value is -8.57. The van der Waals surface area contributed by atoms with Gasteiger partial charge in [0.25, 0.3) is 0 Å². The molecule has 0 bridgehead atoms. The number of benzene rings is 10. The Labute approximate surface area is 399 Å². The predicted octanol–water partition coefficient (Wildman–Crippen LogP) is 16.6. The van der Waals surface area contributed by atoms with Gasteiger partial charge < -0.3 is 0 Å². The van der Waals surface area contributed by atoms with Crippen LogP contribution in [0.4, 0.5) is 0 Å². The smallest absolute Gasteiger partial charge is 0.164 e. The second-order valence-corrected chi connectivity index (χ2v) is 18.5. The van der Waals surface area contributed by atoms with Crippen LogP contribution in [0.15, 0.2) is 249 Å². The second-order valence-electron chi connectivity index (χ2n) is 17.4. The van der Waals surface area contributed by atoms with Crippen LogP contribution in [0, 0.1) is 0 Å². The summed E-state index contributed by atoms with van der Waals surface area (Å²) >= 11 is 1.86. The Morgan fingerprint density at radius 1 is 0.279 bits per heavy atom. The predicted molar refractivity (Wildman–Crippen MR) is 283 cm³/mol. The number of fused-ring (bicyclic) bond motifs is 6. The van der Waals surface area contributed by atoms with Crippen molar-refractivity contribution in [2.45, 2.75) is 5.41 Å². The minimum Gasteiger partial charge on any atom is -0.208 e. The molecule has 0 aliphatic heterocycles. The van der Waals surface area contributed by atoms with E-state index in [4.69, 9.17) is 15.0 Å². The standard InChI is InChI=1S/C64H41N3S/c1-4-18-42(19-5-1)44-34-36-45(37-35-44)61-65-62(47-23-16-22-46(40-47)43-20-6-2-7-21-43)67-63(66-61)54-29-11-10-26-50(54)53-30-17-33-58-60(53)55-39-38-49(41-59(55)68-58)64(48-24-8-3-9-25-48)56-31-14-12-27-51(56)52-28-13-15-32-57(52)64/h1-41H. The number of hydrogen-bond acceptors (Lipinski definition) is 4. The first kappa shape index (κ1) is 39.8. The molecule has 4 heteroatoms. The van der Waals surface area contributed by atoms with E-state index in [1.807, 2.05) is 23.5 Å². The third-order valence-electron chi connectivity index (χ3n) is 13.7.